The molecule has 0 aromatic heterocycles. The number of phenolic OH excluding ortho intramolecular Hbond substituents is 1. The number of aromatic hydroxyl groups is 1. The number of benzene rings is 2. The summed E-state index contributed by atoms with van der Waals surface area (Å²) >= 11 is 12.7. The fourth-order valence-corrected chi connectivity index (χ4v) is 5.42. The fourth-order valence-electron chi connectivity index (χ4n) is 4.99. The van der Waals surface area contributed by atoms with E-state index in [1.165, 1.54) is 0 Å². The van der Waals surface area contributed by atoms with Gasteiger partial charge in [-0.15, -0.1) is 0 Å². The van der Waals surface area contributed by atoms with Crippen molar-refractivity contribution in [2.45, 2.75) is 31.7 Å². The summed E-state index contributed by atoms with van der Waals surface area (Å²) in [6, 6.07) is 13.1. The van der Waals surface area contributed by atoms with Gasteiger partial charge in [0.1, 0.15) is 5.75 Å². The highest BCUT2D eigenvalue weighted by atomic mass is 35.5. The summed E-state index contributed by atoms with van der Waals surface area (Å²) in [4.78, 5) is 12.9. The molecule has 0 spiro atoms. The lowest BCUT2D eigenvalue weighted by molar-refractivity contribution is -0.131. The van der Waals surface area contributed by atoms with Crippen LogP contribution in [0.3, 0.4) is 0 Å². The Kier molecular flexibility index (Phi) is 5.03. The van der Waals surface area contributed by atoms with Crippen LogP contribution < -0.4 is 5.32 Å². The Morgan fingerprint density at radius 1 is 1.14 bits per heavy atom. The second-order valence-electron chi connectivity index (χ2n) is 8.07. The first-order valence-corrected chi connectivity index (χ1v) is 10.3. The van der Waals surface area contributed by atoms with Crippen molar-refractivity contribution in [3.05, 3.63) is 75.8 Å². The SMILES string of the molecule is CC1NCC(=O)C2(C)C=CC(c3ccc(O)cc3Cl)C(c3ccc(Cl)cc3)C12. The highest BCUT2D eigenvalue weighted by Crippen LogP contribution is 2.55. The van der Waals surface area contributed by atoms with Crippen LogP contribution in [0.15, 0.2) is 54.6 Å². The van der Waals surface area contributed by atoms with Crippen LogP contribution in [0, 0.1) is 11.3 Å². The number of phenols is 1. The second-order valence-corrected chi connectivity index (χ2v) is 8.91. The number of allylic oxidation sites excluding steroid dienone is 2. The van der Waals surface area contributed by atoms with Crippen molar-refractivity contribution >= 4 is 29.0 Å². The van der Waals surface area contributed by atoms with Crippen molar-refractivity contribution in [1.82, 2.24) is 5.32 Å². The molecular formula is C23H23Cl2NO2. The molecule has 0 saturated carbocycles. The summed E-state index contributed by atoms with van der Waals surface area (Å²) < 4.78 is 0. The molecule has 5 unspecified atom stereocenters. The Morgan fingerprint density at radius 2 is 1.86 bits per heavy atom. The maximum atomic E-state index is 12.9. The zero-order valence-electron chi connectivity index (χ0n) is 15.8. The molecule has 0 bridgehead atoms. The summed E-state index contributed by atoms with van der Waals surface area (Å²) in [5.41, 5.74) is 1.54. The quantitative estimate of drug-likeness (QED) is 0.652. The molecule has 2 aromatic carbocycles. The summed E-state index contributed by atoms with van der Waals surface area (Å²) in [6.07, 6.45) is 4.18. The number of hydrogen-bond acceptors (Lipinski definition) is 3. The number of piperidine rings is 1. The third kappa shape index (κ3) is 3.16. The second kappa shape index (κ2) is 7.22. The summed E-state index contributed by atoms with van der Waals surface area (Å²) in [6.45, 7) is 4.58. The van der Waals surface area contributed by atoms with Crippen molar-refractivity contribution < 1.29 is 9.90 Å². The maximum absolute atomic E-state index is 12.9. The monoisotopic (exact) mass is 415 g/mol. The minimum Gasteiger partial charge on any atom is -0.508 e. The number of hydrogen-bond donors (Lipinski definition) is 2. The van der Waals surface area contributed by atoms with Crippen molar-refractivity contribution in [3.63, 3.8) is 0 Å². The molecule has 1 saturated heterocycles. The molecule has 0 radical (unpaired) electrons. The number of nitrogens with one attached hydrogen (secondary N) is 1. The van der Waals surface area contributed by atoms with Gasteiger partial charge in [0.15, 0.2) is 5.78 Å². The van der Waals surface area contributed by atoms with E-state index in [-0.39, 0.29) is 35.3 Å². The highest BCUT2D eigenvalue weighted by molar-refractivity contribution is 6.31. The first kappa shape index (κ1) is 19.5. The lowest BCUT2D eigenvalue weighted by Crippen LogP contribution is -2.58. The molecule has 3 nitrogen and oxygen atoms in total. The Morgan fingerprint density at radius 3 is 2.54 bits per heavy atom. The Balaban J connectivity index is 1.91. The summed E-state index contributed by atoms with van der Waals surface area (Å²) in [5.74, 6) is 0.448. The molecule has 4 rings (SSSR count). The number of fused-ring (bicyclic) bond motifs is 1. The average Bonchev–Trinajstić information content (AvgIpc) is 2.66. The van der Waals surface area contributed by atoms with E-state index in [0.717, 1.165) is 11.1 Å². The minimum atomic E-state index is -0.533. The van der Waals surface area contributed by atoms with Gasteiger partial charge in [-0.3, -0.25) is 4.79 Å². The molecule has 2 aliphatic rings. The molecule has 5 heteroatoms. The molecule has 2 N–H and O–H groups in total. The minimum absolute atomic E-state index is 0.0116. The molecule has 1 aliphatic carbocycles. The molecule has 1 fully saturated rings. The largest absolute Gasteiger partial charge is 0.508 e. The first-order chi connectivity index (χ1) is 13.3. The number of ketones is 1. The van der Waals surface area contributed by atoms with Gasteiger partial charge in [-0.05, 0) is 61.1 Å². The lowest BCUT2D eigenvalue weighted by atomic mass is 9.55. The van der Waals surface area contributed by atoms with E-state index in [4.69, 9.17) is 23.2 Å². The lowest BCUT2D eigenvalue weighted by Gasteiger charge is -2.51. The van der Waals surface area contributed by atoms with Crippen molar-refractivity contribution in [2.24, 2.45) is 11.3 Å². The Hall–Kier alpha value is -1.81. The third-order valence-corrected chi connectivity index (χ3v) is 7.02. The van der Waals surface area contributed by atoms with Crippen LogP contribution in [-0.2, 0) is 4.79 Å². The molecular weight excluding hydrogens is 393 g/mol. The number of carbonyl (C=O) groups is 1. The van der Waals surface area contributed by atoms with Crippen molar-refractivity contribution in [3.8, 4) is 5.75 Å². The van der Waals surface area contributed by atoms with E-state index >= 15 is 0 Å². The standard InChI is InChI=1S/C23H23Cl2NO2/c1-13-22-21(14-3-5-15(24)6-4-14)18(17-8-7-16(27)11-19(17)25)9-10-23(22,2)20(28)12-26-13/h3-11,13,18,21-22,26-27H,12H2,1-2H3. The van der Waals surface area contributed by atoms with Gasteiger partial charge in [0.05, 0.1) is 12.0 Å². The van der Waals surface area contributed by atoms with Crippen LogP contribution in [0.25, 0.3) is 0 Å². The molecule has 1 aliphatic heterocycles. The Bertz CT molecular complexity index is 940. The molecule has 146 valence electrons. The zero-order chi connectivity index (χ0) is 20.1. The number of rotatable bonds is 2. The molecule has 28 heavy (non-hydrogen) atoms. The molecule has 0 amide bonds. The predicted molar refractivity (Wildman–Crippen MR) is 113 cm³/mol. The van der Waals surface area contributed by atoms with E-state index in [1.54, 1.807) is 12.1 Å². The van der Waals surface area contributed by atoms with Crippen molar-refractivity contribution in [1.29, 1.82) is 0 Å². The van der Waals surface area contributed by atoms with E-state index in [2.05, 4.69) is 24.4 Å². The molecule has 1 heterocycles. The zero-order valence-corrected chi connectivity index (χ0v) is 17.3. The van der Waals surface area contributed by atoms with Gasteiger partial charge in [-0.2, -0.15) is 0 Å². The fraction of sp³-hybridized carbons (Fsp3) is 0.348. The van der Waals surface area contributed by atoms with E-state index in [9.17, 15) is 9.90 Å². The number of Topliss-reactive ketones (excluding diaryl/α,β-unsaturated/α-hetero) is 1. The summed E-state index contributed by atoms with van der Waals surface area (Å²) in [7, 11) is 0. The van der Waals surface area contributed by atoms with Gasteiger partial charge in [0, 0.05) is 22.0 Å². The van der Waals surface area contributed by atoms with Gasteiger partial charge in [-0.25, -0.2) is 0 Å². The van der Waals surface area contributed by atoms with Gasteiger partial charge >= 0.3 is 0 Å². The first-order valence-electron chi connectivity index (χ1n) is 9.51. The molecule has 5 atom stereocenters. The topological polar surface area (TPSA) is 49.3 Å². The maximum Gasteiger partial charge on any atom is 0.156 e. The van der Waals surface area contributed by atoms with Gasteiger partial charge in [0.25, 0.3) is 0 Å². The van der Waals surface area contributed by atoms with E-state index in [1.807, 2.05) is 37.3 Å². The van der Waals surface area contributed by atoms with Crippen LogP contribution in [-0.4, -0.2) is 23.5 Å². The average molecular weight is 416 g/mol. The van der Waals surface area contributed by atoms with Gasteiger partial charge in [-0.1, -0.05) is 53.6 Å². The van der Waals surface area contributed by atoms with Gasteiger partial charge < -0.3 is 10.4 Å². The van der Waals surface area contributed by atoms with Crippen LogP contribution in [0.2, 0.25) is 10.0 Å². The number of halogens is 2. The van der Waals surface area contributed by atoms with Crippen LogP contribution in [0.5, 0.6) is 5.75 Å². The summed E-state index contributed by atoms with van der Waals surface area (Å²) in [5, 5.41) is 14.4. The van der Waals surface area contributed by atoms with Crippen LogP contribution >= 0.6 is 23.2 Å². The Labute approximate surface area is 175 Å². The molecule has 2 aromatic rings. The van der Waals surface area contributed by atoms with E-state index < -0.39 is 5.41 Å². The number of carbonyl (C=O) groups excluding carboxylic acids is 1. The normalized spacial score (nSPS) is 32.2. The predicted octanol–water partition coefficient (Wildman–Crippen LogP) is 5.32. The van der Waals surface area contributed by atoms with Crippen LogP contribution in [0.4, 0.5) is 0 Å². The van der Waals surface area contributed by atoms with E-state index in [0.29, 0.717) is 16.6 Å². The third-order valence-electron chi connectivity index (χ3n) is 6.44. The van der Waals surface area contributed by atoms with Gasteiger partial charge in [0.2, 0.25) is 0 Å². The smallest absolute Gasteiger partial charge is 0.156 e. The highest BCUT2D eigenvalue weighted by Gasteiger charge is 2.52. The van der Waals surface area contributed by atoms with Crippen molar-refractivity contribution in [2.75, 3.05) is 6.54 Å². The van der Waals surface area contributed by atoms with Crippen LogP contribution in [0.1, 0.15) is 36.8 Å².